The Balaban J connectivity index is 1.83. The lowest BCUT2D eigenvalue weighted by molar-refractivity contribution is 1.47. The Labute approximate surface area is 105 Å². The van der Waals surface area contributed by atoms with E-state index in [4.69, 9.17) is 0 Å². The first-order valence-electron chi connectivity index (χ1n) is 5.03. The van der Waals surface area contributed by atoms with Crippen molar-refractivity contribution >= 4 is 23.5 Å². The Morgan fingerprint density at radius 2 is 0.938 bits per heavy atom. The van der Waals surface area contributed by atoms with Gasteiger partial charge in [-0.1, -0.05) is 59.9 Å². The number of benzene rings is 2. The molecular weight excluding hydrogens is 232 g/mol. The lowest BCUT2D eigenvalue weighted by Gasteiger charge is -1.95. The van der Waals surface area contributed by atoms with Crippen LogP contribution < -0.4 is 0 Å². The lowest BCUT2D eigenvalue weighted by atomic mass is 10.4. The summed E-state index contributed by atoms with van der Waals surface area (Å²) in [5.74, 6) is 0. The summed E-state index contributed by atoms with van der Waals surface area (Å²) in [5.41, 5.74) is 0. The van der Waals surface area contributed by atoms with Gasteiger partial charge in [0, 0.05) is 9.79 Å². The fourth-order valence-electron chi connectivity index (χ4n) is 1.21. The van der Waals surface area contributed by atoms with Crippen LogP contribution in [0.2, 0.25) is 0 Å². The van der Waals surface area contributed by atoms with Gasteiger partial charge in [-0.2, -0.15) is 0 Å². The molecule has 0 aliphatic carbocycles. The average Bonchev–Trinajstić information content (AvgIpc) is 2.37. The Bertz CT molecular complexity index is 391. The van der Waals surface area contributed by atoms with Gasteiger partial charge in [0.25, 0.3) is 0 Å². The van der Waals surface area contributed by atoms with Crippen molar-refractivity contribution in [2.45, 2.75) is 9.79 Å². The summed E-state index contributed by atoms with van der Waals surface area (Å²) in [5, 5.41) is 4.24. The molecule has 2 heteroatoms. The lowest BCUT2D eigenvalue weighted by Crippen LogP contribution is -1.65. The number of thioether (sulfide) groups is 2. The maximum absolute atomic E-state index is 2.12. The molecule has 80 valence electrons. The van der Waals surface area contributed by atoms with Crippen molar-refractivity contribution in [3.05, 3.63) is 71.5 Å². The molecular formula is C14H12S2. The molecule has 0 spiro atoms. The highest BCUT2D eigenvalue weighted by atomic mass is 32.2. The first-order valence-corrected chi connectivity index (χ1v) is 6.79. The van der Waals surface area contributed by atoms with E-state index in [1.54, 1.807) is 23.5 Å². The van der Waals surface area contributed by atoms with Crippen LogP contribution in [0.25, 0.3) is 0 Å². The van der Waals surface area contributed by atoms with E-state index in [0.717, 1.165) is 0 Å². The molecule has 0 atom stereocenters. The van der Waals surface area contributed by atoms with Crippen molar-refractivity contribution in [3.8, 4) is 0 Å². The molecule has 0 aliphatic rings. The third-order valence-electron chi connectivity index (χ3n) is 1.95. The zero-order valence-electron chi connectivity index (χ0n) is 8.74. The first-order chi connectivity index (χ1) is 7.95. The van der Waals surface area contributed by atoms with E-state index >= 15 is 0 Å². The van der Waals surface area contributed by atoms with Crippen molar-refractivity contribution < 1.29 is 0 Å². The molecule has 0 radical (unpaired) electrons. The standard InChI is InChI=1S/C14H12S2/c1-3-7-13(8-4-1)15-11-12-16-14-9-5-2-6-10-14/h1-12H. The van der Waals surface area contributed by atoms with Crippen LogP contribution in [0.1, 0.15) is 0 Å². The zero-order valence-corrected chi connectivity index (χ0v) is 10.4. The molecule has 0 unspecified atom stereocenters. The minimum absolute atomic E-state index is 1.27. The molecule has 0 saturated heterocycles. The third kappa shape index (κ3) is 3.80. The summed E-state index contributed by atoms with van der Waals surface area (Å²) in [4.78, 5) is 2.54. The highest BCUT2D eigenvalue weighted by molar-refractivity contribution is 8.05. The molecule has 0 nitrogen and oxygen atoms in total. The molecule has 0 amide bonds. The van der Waals surface area contributed by atoms with Gasteiger partial charge in [-0.05, 0) is 35.1 Å². The van der Waals surface area contributed by atoms with Crippen LogP contribution in [0.15, 0.2) is 81.3 Å². The average molecular weight is 244 g/mol. The molecule has 0 saturated carbocycles. The predicted molar refractivity (Wildman–Crippen MR) is 73.7 cm³/mol. The Morgan fingerprint density at radius 3 is 1.31 bits per heavy atom. The monoisotopic (exact) mass is 244 g/mol. The second-order valence-electron chi connectivity index (χ2n) is 3.13. The minimum atomic E-state index is 1.27. The Kier molecular flexibility index (Phi) is 4.59. The molecule has 0 aromatic heterocycles. The molecule has 0 bridgehead atoms. The molecule has 0 fully saturated rings. The second-order valence-corrected chi connectivity index (χ2v) is 5.09. The summed E-state index contributed by atoms with van der Waals surface area (Å²) in [6.45, 7) is 0. The molecule has 2 rings (SSSR count). The maximum Gasteiger partial charge on any atom is 0.0116 e. The maximum atomic E-state index is 2.12. The van der Waals surface area contributed by atoms with E-state index in [1.165, 1.54) is 9.79 Å². The van der Waals surface area contributed by atoms with Crippen LogP contribution in [-0.4, -0.2) is 0 Å². The van der Waals surface area contributed by atoms with Crippen molar-refractivity contribution in [2.75, 3.05) is 0 Å². The van der Waals surface area contributed by atoms with Crippen LogP contribution in [0.3, 0.4) is 0 Å². The van der Waals surface area contributed by atoms with Gasteiger partial charge >= 0.3 is 0 Å². The third-order valence-corrected chi connectivity index (χ3v) is 3.76. The SMILES string of the molecule is C(=CSc1ccccc1)Sc1ccccc1. The van der Waals surface area contributed by atoms with Gasteiger partial charge in [-0.25, -0.2) is 0 Å². The van der Waals surface area contributed by atoms with Gasteiger partial charge in [0.15, 0.2) is 0 Å². The Hall–Kier alpha value is -1.12. The zero-order chi connectivity index (χ0) is 11.1. The molecule has 2 aromatic carbocycles. The van der Waals surface area contributed by atoms with Gasteiger partial charge in [0.2, 0.25) is 0 Å². The van der Waals surface area contributed by atoms with Gasteiger partial charge in [0.1, 0.15) is 0 Å². The highest BCUT2D eigenvalue weighted by Crippen LogP contribution is 2.23. The quantitative estimate of drug-likeness (QED) is 0.691. The largest absolute Gasteiger partial charge is 0.0975 e. The van der Waals surface area contributed by atoms with E-state index in [9.17, 15) is 0 Å². The van der Waals surface area contributed by atoms with E-state index in [2.05, 4.69) is 59.3 Å². The van der Waals surface area contributed by atoms with Crippen LogP contribution in [0.4, 0.5) is 0 Å². The molecule has 0 aliphatic heterocycles. The minimum Gasteiger partial charge on any atom is -0.0975 e. The Morgan fingerprint density at radius 1 is 0.562 bits per heavy atom. The van der Waals surface area contributed by atoms with Gasteiger partial charge in [-0.3, -0.25) is 0 Å². The van der Waals surface area contributed by atoms with Gasteiger partial charge in [-0.15, -0.1) is 0 Å². The molecule has 0 heterocycles. The highest BCUT2D eigenvalue weighted by Gasteiger charge is 1.88. The fraction of sp³-hybridized carbons (Fsp3) is 0. The number of hydrogen-bond donors (Lipinski definition) is 0. The summed E-state index contributed by atoms with van der Waals surface area (Å²) in [6, 6.07) is 20.7. The van der Waals surface area contributed by atoms with E-state index < -0.39 is 0 Å². The van der Waals surface area contributed by atoms with Crippen molar-refractivity contribution in [1.29, 1.82) is 0 Å². The van der Waals surface area contributed by atoms with Crippen LogP contribution >= 0.6 is 23.5 Å². The smallest absolute Gasteiger partial charge is 0.0116 e. The van der Waals surface area contributed by atoms with E-state index in [1.807, 2.05) is 12.1 Å². The summed E-state index contributed by atoms with van der Waals surface area (Å²) in [6.07, 6.45) is 0. The fourth-order valence-corrected chi connectivity index (χ4v) is 2.60. The van der Waals surface area contributed by atoms with Crippen LogP contribution in [0, 0.1) is 0 Å². The van der Waals surface area contributed by atoms with Gasteiger partial charge < -0.3 is 0 Å². The predicted octanol–water partition coefficient (Wildman–Crippen LogP) is 5.04. The van der Waals surface area contributed by atoms with Crippen LogP contribution in [0.5, 0.6) is 0 Å². The van der Waals surface area contributed by atoms with Crippen LogP contribution in [-0.2, 0) is 0 Å². The first kappa shape index (κ1) is 11.4. The summed E-state index contributed by atoms with van der Waals surface area (Å²) >= 11 is 3.48. The van der Waals surface area contributed by atoms with Gasteiger partial charge in [0.05, 0.1) is 0 Å². The molecule has 2 aromatic rings. The topological polar surface area (TPSA) is 0 Å². The molecule has 16 heavy (non-hydrogen) atoms. The summed E-state index contributed by atoms with van der Waals surface area (Å²) in [7, 11) is 0. The van der Waals surface area contributed by atoms with Crippen molar-refractivity contribution in [2.24, 2.45) is 0 Å². The number of hydrogen-bond acceptors (Lipinski definition) is 2. The summed E-state index contributed by atoms with van der Waals surface area (Å²) < 4.78 is 0. The second kappa shape index (κ2) is 6.46. The molecule has 0 N–H and O–H groups in total. The van der Waals surface area contributed by atoms with E-state index in [0.29, 0.717) is 0 Å². The number of rotatable bonds is 4. The van der Waals surface area contributed by atoms with Crippen molar-refractivity contribution in [3.63, 3.8) is 0 Å². The normalized spacial score (nSPS) is 10.8. The van der Waals surface area contributed by atoms with Crippen molar-refractivity contribution in [1.82, 2.24) is 0 Å². The van der Waals surface area contributed by atoms with E-state index in [-0.39, 0.29) is 0 Å².